The van der Waals surface area contributed by atoms with Gasteiger partial charge in [-0.15, -0.1) is 0 Å². The minimum absolute atomic E-state index is 0.0981. The summed E-state index contributed by atoms with van der Waals surface area (Å²) in [5, 5.41) is 12.2. The highest BCUT2D eigenvalue weighted by Crippen LogP contribution is 2.25. The fourth-order valence-electron chi connectivity index (χ4n) is 1.98. The topological polar surface area (TPSA) is 58.3 Å². The zero-order valence-corrected chi connectivity index (χ0v) is 8.11. The smallest absolute Gasteiger partial charge is 0.0824 e. The van der Waals surface area contributed by atoms with Crippen LogP contribution in [0.2, 0.25) is 0 Å². The van der Waals surface area contributed by atoms with Crippen LogP contribution in [-0.4, -0.2) is 24.3 Å². The van der Waals surface area contributed by atoms with Crippen LogP contribution in [0.15, 0.2) is 35.6 Å². The van der Waals surface area contributed by atoms with Crippen LogP contribution in [0.4, 0.5) is 0 Å². The molecule has 2 rings (SSSR count). The quantitative estimate of drug-likeness (QED) is 0.602. The maximum Gasteiger partial charge on any atom is 0.0824 e. The highest BCUT2D eigenvalue weighted by Gasteiger charge is 2.24. The van der Waals surface area contributed by atoms with Crippen LogP contribution in [0.5, 0.6) is 0 Å². The molecule has 0 spiro atoms. The van der Waals surface area contributed by atoms with Gasteiger partial charge in [0, 0.05) is 11.6 Å². The van der Waals surface area contributed by atoms with Crippen molar-refractivity contribution in [2.45, 2.75) is 12.5 Å². The average molecular weight is 192 g/mol. The maximum atomic E-state index is 8.99. The molecule has 0 aromatic carbocycles. The van der Waals surface area contributed by atoms with Gasteiger partial charge in [0.15, 0.2) is 0 Å². The number of rotatable bonds is 3. The molecule has 1 aliphatic heterocycles. The number of nitrogens with one attached hydrogen (secondary N) is 1. The Balaban J connectivity index is 2.09. The number of allylic oxidation sites excluding steroid dienone is 1. The third kappa shape index (κ3) is 1.74. The molecule has 2 atom stereocenters. The standard InChI is InChI=1S/C11H16N2O/c12-4-3-8-1-2-11-9(5-8)6-10(7-14)13-11/h1-2,5-6,9,11,13-14H,3-4,7,12H2. The summed E-state index contributed by atoms with van der Waals surface area (Å²) in [6.45, 7) is 0.790. The first kappa shape index (κ1) is 9.49. The van der Waals surface area contributed by atoms with Crippen LogP contribution in [0.25, 0.3) is 0 Å². The van der Waals surface area contributed by atoms with Crippen molar-refractivity contribution in [3.05, 3.63) is 35.6 Å². The van der Waals surface area contributed by atoms with Crippen LogP contribution in [0, 0.1) is 5.92 Å². The first-order valence-electron chi connectivity index (χ1n) is 5.00. The molecule has 0 aromatic rings. The van der Waals surface area contributed by atoms with Gasteiger partial charge in [-0.2, -0.15) is 0 Å². The monoisotopic (exact) mass is 192 g/mol. The molecule has 1 aliphatic carbocycles. The zero-order chi connectivity index (χ0) is 9.97. The lowest BCUT2D eigenvalue weighted by Crippen LogP contribution is -2.28. The summed E-state index contributed by atoms with van der Waals surface area (Å²) < 4.78 is 0. The molecule has 0 aromatic heterocycles. The minimum atomic E-state index is 0.0981. The third-order valence-corrected chi connectivity index (χ3v) is 2.69. The molecule has 0 saturated carbocycles. The third-order valence-electron chi connectivity index (χ3n) is 2.69. The predicted molar refractivity (Wildman–Crippen MR) is 56.5 cm³/mol. The van der Waals surface area contributed by atoms with Gasteiger partial charge in [-0.05, 0) is 13.0 Å². The molecule has 2 aliphatic rings. The Labute approximate surface area is 84.0 Å². The van der Waals surface area contributed by atoms with E-state index < -0.39 is 0 Å². The summed E-state index contributed by atoms with van der Waals surface area (Å²) in [5.41, 5.74) is 7.73. The van der Waals surface area contributed by atoms with Gasteiger partial charge in [0.1, 0.15) is 0 Å². The normalized spacial score (nSPS) is 29.3. The van der Waals surface area contributed by atoms with Gasteiger partial charge in [0.25, 0.3) is 0 Å². The molecule has 0 fully saturated rings. The van der Waals surface area contributed by atoms with Crippen molar-refractivity contribution in [2.24, 2.45) is 11.7 Å². The molecule has 76 valence electrons. The van der Waals surface area contributed by atoms with E-state index in [0.29, 0.717) is 18.5 Å². The summed E-state index contributed by atoms with van der Waals surface area (Å²) in [6, 6.07) is 0.332. The van der Waals surface area contributed by atoms with E-state index in [-0.39, 0.29) is 6.61 Å². The number of hydrogen-bond donors (Lipinski definition) is 3. The number of nitrogens with two attached hydrogens (primary N) is 1. The first-order valence-corrected chi connectivity index (χ1v) is 5.00. The van der Waals surface area contributed by atoms with Crippen LogP contribution >= 0.6 is 0 Å². The largest absolute Gasteiger partial charge is 0.390 e. The van der Waals surface area contributed by atoms with Crippen molar-refractivity contribution in [1.29, 1.82) is 0 Å². The first-order chi connectivity index (χ1) is 6.83. The van der Waals surface area contributed by atoms with Crippen LogP contribution in [0.3, 0.4) is 0 Å². The van der Waals surface area contributed by atoms with E-state index in [4.69, 9.17) is 10.8 Å². The van der Waals surface area contributed by atoms with Crippen molar-refractivity contribution >= 4 is 0 Å². The highest BCUT2D eigenvalue weighted by atomic mass is 16.3. The van der Waals surface area contributed by atoms with Gasteiger partial charge in [-0.3, -0.25) is 0 Å². The second-order valence-corrected chi connectivity index (χ2v) is 3.74. The van der Waals surface area contributed by atoms with E-state index in [9.17, 15) is 0 Å². The van der Waals surface area contributed by atoms with Crippen LogP contribution in [-0.2, 0) is 0 Å². The Bertz CT molecular complexity index is 304. The van der Waals surface area contributed by atoms with Crippen LogP contribution < -0.4 is 11.1 Å². The molecule has 3 nitrogen and oxygen atoms in total. The summed E-state index contributed by atoms with van der Waals surface area (Å²) in [4.78, 5) is 0. The lowest BCUT2D eigenvalue weighted by molar-refractivity contribution is 0.322. The summed E-state index contributed by atoms with van der Waals surface area (Å²) >= 11 is 0. The van der Waals surface area contributed by atoms with Gasteiger partial charge < -0.3 is 16.2 Å². The van der Waals surface area contributed by atoms with E-state index in [1.165, 1.54) is 5.57 Å². The number of fused-ring (bicyclic) bond motifs is 1. The van der Waals surface area contributed by atoms with Gasteiger partial charge in [-0.1, -0.05) is 29.9 Å². The molecule has 3 heteroatoms. The lowest BCUT2D eigenvalue weighted by atomic mass is 9.92. The van der Waals surface area contributed by atoms with Crippen molar-refractivity contribution in [1.82, 2.24) is 5.32 Å². The highest BCUT2D eigenvalue weighted by molar-refractivity contribution is 5.34. The van der Waals surface area contributed by atoms with E-state index in [2.05, 4.69) is 29.6 Å². The lowest BCUT2D eigenvalue weighted by Gasteiger charge is -2.19. The van der Waals surface area contributed by atoms with Crippen molar-refractivity contribution in [3.8, 4) is 0 Å². The summed E-state index contributed by atoms with van der Waals surface area (Å²) in [5.74, 6) is 0.392. The molecule has 0 saturated heterocycles. The van der Waals surface area contributed by atoms with E-state index >= 15 is 0 Å². The average Bonchev–Trinajstić information content (AvgIpc) is 2.60. The molecule has 2 unspecified atom stereocenters. The minimum Gasteiger partial charge on any atom is -0.390 e. The van der Waals surface area contributed by atoms with E-state index in [0.717, 1.165) is 12.1 Å². The molecular formula is C11H16N2O. The second kappa shape index (κ2) is 3.98. The molecule has 14 heavy (non-hydrogen) atoms. The predicted octanol–water partition coefficient (Wildman–Crippen LogP) is 0.296. The molecule has 0 radical (unpaired) electrons. The SMILES string of the molecule is NCCC1=CC2C=C(CO)NC2C=C1. The number of aliphatic hydroxyl groups is 1. The molecule has 0 amide bonds. The summed E-state index contributed by atoms with van der Waals surface area (Å²) in [7, 11) is 0. The second-order valence-electron chi connectivity index (χ2n) is 3.74. The fourth-order valence-corrected chi connectivity index (χ4v) is 1.98. The zero-order valence-electron chi connectivity index (χ0n) is 8.11. The summed E-state index contributed by atoms with van der Waals surface area (Å²) in [6.07, 6.45) is 9.52. The van der Waals surface area contributed by atoms with Gasteiger partial charge >= 0.3 is 0 Å². The molecule has 4 N–H and O–H groups in total. The Morgan fingerprint density at radius 1 is 1.43 bits per heavy atom. The van der Waals surface area contributed by atoms with Crippen molar-refractivity contribution in [3.63, 3.8) is 0 Å². The van der Waals surface area contributed by atoms with Crippen molar-refractivity contribution < 1.29 is 5.11 Å². The van der Waals surface area contributed by atoms with E-state index in [1.54, 1.807) is 0 Å². The Morgan fingerprint density at radius 2 is 2.29 bits per heavy atom. The Hall–Kier alpha value is -1.06. The van der Waals surface area contributed by atoms with Gasteiger partial charge in [0.05, 0.1) is 12.6 Å². The fraction of sp³-hybridized carbons (Fsp3) is 0.455. The number of aliphatic hydroxyl groups excluding tert-OH is 1. The number of hydrogen-bond acceptors (Lipinski definition) is 3. The van der Waals surface area contributed by atoms with Gasteiger partial charge in [-0.25, -0.2) is 0 Å². The molecule has 1 heterocycles. The molecule has 0 bridgehead atoms. The Kier molecular flexibility index (Phi) is 2.70. The van der Waals surface area contributed by atoms with Gasteiger partial charge in [0.2, 0.25) is 0 Å². The van der Waals surface area contributed by atoms with Crippen molar-refractivity contribution in [2.75, 3.05) is 13.2 Å². The maximum absolute atomic E-state index is 8.99. The van der Waals surface area contributed by atoms with Crippen LogP contribution in [0.1, 0.15) is 6.42 Å². The van der Waals surface area contributed by atoms with E-state index in [1.807, 2.05) is 0 Å². The molecular weight excluding hydrogens is 176 g/mol. The Morgan fingerprint density at radius 3 is 3.00 bits per heavy atom.